The highest BCUT2D eigenvalue weighted by Gasteiger charge is 2.26. The van der Waals surface area contributed by atoms with Crippen LogP contribution < -0.4 is 0 Å². The molecule has 10 heteroatoms. The van der Waals surface area contributed by atoms with Crippen LogP contribution in [0.1, 0.15) is 155 Å². The van der Waals surface area contributed by atoms with Crippen LogP contribution in [0.15, 0.2) is 60.8 Å². The van der Waals surface area contributed by atoms with E-state index in [0.29, 0.717) is 13.0 Å². The van der Waals surface area contributed by atoms with E-state index >= 15 is 0 Å². The van der Waals surface area contributed by atoms with Crippen LogP contribution in [-0.4, -0.2) is 68.3 Å². The Hall–Kier alpha value is -2.29. The minimum atomic E-state index is -4.37. The maximum Gasteiger partial charge on any atom is 0.472 e. The lowest BCUT2D eigenvalue weighted by Gasteiger charge is -2.20. The molecule has 0 aliphatic carbocycles. The topological polar surface area (TPSA) is 112 Å². The first-order chi connectivity index (χ1) is 25.7. The van der Waals surface area contributed by atoms with Crippen LogP contribution >= 0.6 is 7.82 Å². The van der Waals surface area contributed by atoms with Crippen molar-refractivity contribution in [3.05, 3.63) is 60.8 Å². The zero-order valence-corrected chi connectivity index (χ0v) is 34.8. The Morgan fingerprint density at radius 1 is 0.604 bits per heavy atom. The first kappa shape index (κ1) is 50.7. The van der Waals surface area contributed by atoms with Crippen LogP contribution in [0.5, 0.6) is 0 Å². The molecule has 0 rings (SSSR count). The SMILES string of the molecule is CC/C=C\C/C=C\C/C=C\CCCCCCCC(=O)OC(COC(=O)CCCCCCC/C=C\C/C=C\CCCCC)COP(=O)(O)OCCN(C)C. The molecule has 0 saturated carbocycles. The molecular weight excluding hydrogens is 689 g/mol. The molecule has 9 nitrogen and oxygen atoms in total. The first-order valence-electron chi connectivity index (χ1n) is 20.6. The van der Waals surface area contributed by atoms with Gasteiger partial charge in [0.25, 0.3) is 0 Å². The van der Waals surface area contributed by atoms with Crippen LogP contribution in [0.25, 0.3) is 0 Å². The maximum atomic E-state index is 12.6. The van der Waals surface area contributed by atoms with Crippen molar-refractivity contribution in [2.24, 2.45) is 0 Å². The molecule has 0 aliphatic heterocycles. The van der Waals surface area contributed by atoms with Gasteiger partial charge in [-0.25, -0.2) is 4.57 Å². The van der Waals surface area contributed by atoms with Crippen LogP contribution in [0.4, 0.5) is 0 Å². The number of allylic oxidation sites excluding steroid dienone is 10. The second-order valence-electron chi connectivity index (χ2n) is 13.8. The lowest BCUT2D eigenvalue weighted by Crippen LogP contribution is -2.29. The van der Waals surface area contributed by atoms with Gasteiger partial charge >= 0.3 is 19.8 Å². The molecule has 0 radical (unpaired) electrons. The summed E-state index contributed by atoms with van der Waals surface area (Å²) in [5.41, 5.74) is 0. The van der Waals surface area contributed by atoms with E-state index in [1.165, 1.54) is 25.7 Å². The summed E-state index contributed by atoms with van der Waals surface area (Å²) >= 11 is 0. The zero-order chi connectivity index (χ0) is 39.1. The molecule has 0 heterocycles. The summed E-state index contributed by atoms with van der Waals surface area (Å²) < 4.78 is 33.4. The molecule has 0 aromatic heterocycles. The number of hydrogen-bond acceptors (Lipinski definition) is 8. The van der Waals surface area contributed by atoms with Gasteiger partial charge < -0.3 is 19.3 Å². The molecule has 0 bridgehead atoms. The molecule has 53 heavy (non-hydrogen) atoms. The normalized spacial score (nSPS) is 14.1. The summed E-state index contributed by atoms with van der Waals surface area (Å²) in [5.74, 6) is -0.844. The first-order valence-corrected chi connectivity index (χ1v) is 22.1. The van der Waals surface area contributed by atoms with Gasteiger partial charge in [-0.3, -0.25) is 18.6 Å². The van der Waals surface area contributed by atoms with E-state index in [4.69, 9.17) is 18.5 Å². The van der Waals surface area contributed by atoms with Gasteiger partial charge in [-0.2, -0.15) is 0 Å². The van der Waals surface area contributed by atoms with Crippen molar-refractivity contribution in [1.29, 1.82) is 0 Å². The summed E-state index contributed by atoms with van der Waals surface area (Å²) in [6, 6.07) is 0. The summed E-state index contributed by atoms with van der Waals surface area (Å²) in [6.07, 6.45) is 42.6. The molecule has 0 aromatic rings. The fourth-order valence-corrected chi connectivity index (χ4v) is 5.88. The number of unbranched alkanes of at least 4 members (excludes halogenated alkanes) is 13. The molecule has 2 atom stereocenters. The highest BCUT2D eigenvalue weighted by molar-refractivity contribution is 7.47. The van der Waals surface area contributed by atoms with Crippen molar-refractivity contribution in [3.63, 3.8) is 0 Å². The number of hydrogen-bond donors (Lipinski definition) is 1. The standard InChI is InChI=1S/C43H76NO8P/c1-5-7-9-11-13-15-17-19-21-23-25-27-29-31-33-35-42(45)49-39-41(40-51-53(47,48)50-38-37-44(3)4)52-43(46)36-34-32-30-28-26-24-22-20-18-16-14-12-10-8-6-2/h8,10,13-16,19-22,41H,5-7,9,11-12,17-18,23-40H2,1-4H3,(H,47,48)/b10-8-,15-13-,16-14-,21-19-,22-20-. The van der Waals surface area contributed by atoms with Gasteiger partial charge in [0.15, 0.2) is 6.10 Å². The van der Waals surface area contributed by atoms with Gasteiger partial charge in [-0.05, 0) is 91.1 Å². The Morgan fingerprint density at radius 2 is 1.08 bits per heavy atom. The minimum absolute atomic E-state index is 0.00139. The molecule has 0 fully saturated rings. The Labute approximate surface area is 323 Å². The van der Waals surface area contributed by atoms with Gasteiger partial charge in [0, 0.05) is 19.4 Å². The largest absolute Gasteiger partial charge is 0.472 e. The second kappa shape index (κ2) is 38.0. The van der Waals surface area contributed by atoms with Crippen molar-refractivity contribution in [2.45, 2.75) is 161 Å². The van der Waals surface area contributed by atoms with E-state index in [0.717, 1.165) is 96.3 Å². The van der Waals surface area contributed by atoms with E-state index in [-0.39, 0.29) is 26.1 Å². The van der Waals surface area contributed by atoms with Crippen LogP contribution in [0.2, 0.25) is 0 Å². The molecule has 1 N–H and O–H groups in total. The number of phosphoric acid groups is 1. The Balaban J connectivity index is 4.39. The lowest BCUT2D eigenvalue weighted by molar-refractivity contribution is -0.161. The van der Waals surface area contributed by atoms with Crippen LogP contribution in [-0.2, 0) is 32.7 Å². The van der Waals surface area contributed by atoms with Gasteiger partial charge in [0.2, 0.25) is 0 Å². The number of rotatable bonds is 37. The van der Waals surface area contributed by atoms with E-state index in [1.54, 1.807) is 0 Å². The molecular formula is C43H76NO8P. The number of likely N-dealkylation sites (N-methyl/N-ethyl adjacent to an activating group) is 1. The van der Waals surface area contributed by atoms with Crippen molar-refractivity contribution in [3.8, 4) is 0 Å². The van der Waals surface area contributed by atoms with E-state index in [2.05, 4.69) is 74.6 Å². The smallest absolute Gasteiger partial charge is 0.462 e. The lowest BCUT2D eigenvalue weighted by atomic mass is 10.1. The Morgan fingerprint density at radius 3 is 1.60 bits per heavy atom. The molecule has 0 spiro atoms. The number of carbonyl (C=O) groups is 2. The summed E-state index contributed by atoms with van der Waals surface area (Å²) in [4.78, 5) is 36.9. The number of carbonyl (C=O) groups excluding carboxylic acids is 2. The van der Waals surface area contributed by atoms with Gasteiger partial charge in [-0.1, -0.05) is 126 Å². The van der Waals surface area contributed by atoms with Crippen molar-refractivity contribution >= 4 is 19.8 Å². The highest BCUT2D eigenvalue weighted by atomic mass is 31.2. The summed E-state index contributed by atoms with van der Waals surface area (Å²) in [5, 5.41) is 0. The van der Waals surface area contributed by atoms with E-state index in [9.17, 15) is 19.0 Å². The summed E-state index contributed by atoms with van der Waals surface area (Å²) in [7, 11) is -0.734. The maximum absolute atomic E-state index is 12.6. The molecule has 0 aliphatic rings. The average molecular weight is 766 g/mol. The fourth-order valence-electron chi connectivity index (χ4n) is 5.14. The quantitative estimate of drug-likeness (QED) is 0.0286. The van der Waals surface area contributed by atoms with Gasteiger partial charge in [-0.15, -0.1) is 0 Å². The fraction of sp³-hybridized carbons (Fsp3) is 0.721. The summed E-state index contributed by atoms with van der Waals surface area (Å²) in [6.45, 7) is 4.13. The van der Waals surface area contributed by atoms with E-state index < -0.39 is 32.5 Å². The molecule has 0 aromatic carbocycles. The van der Waals surface area contributed by atoms with Crippen LogP contribution in [0.3, 0.4) is 0 Å². The third-order valence-electron chi connectivity index (χ3n) is 8.31. The van der Waals surface area contributed by atoms with Gasteiger partial charge in [0.1, 0.15) is 6.61 Å². The van der Waals surface area contributed by atoms with Crippen LogP contribution in [0, 0.1) is 0 Å². The number of phosphoric ester groups is 1. The number of ether oxygens (including phenoxy) is 2. The third kappa shape index (κ3) is 39.2. The highest BCUT2D eigenvalue weighted by Crippen LogP contribution is 2.43. The molecule has 0 amide bonds. The van der Waals surface area contributed by atoms with Crippen molar-refractivity contribution in [1.82, 2.24) is 4.90 Å². The second-order valence-corrected chi connectivity index (χ2v) is 15.2. The van der Waals surface area contributed by atoms with Crippen molar-refractivity contribution < 1.29 is 37.6 Å². The van der Waals surface area contributed by atoms with Crippen molar-refractivity contribution in [2.75, 3.05) is 40.5 Å². The predicted octanol–water partition coefficient (Wildman–Crippen LogP) is 11.5. The van der Waals surface area contributed by atoms with E-state index in [1.807, 2.05) is 19.0 Å². The molecule has 2 unspecified atom stereocenters. The molecule has 0 saturated heterocycles. The predicted molar refractivity (Wildman–Crippen MR) is 220 cm³/mol. The Kier molecular flexibility index (Phi) is 36.4. The Bertz CT molecular complexity index is 1070. The van der Waals surface area contributed by atoms with Gasteiger partial charge in [0.05, 0.1) is 13.2 Å². The average Bonchev–Trinajstić information content (AvgIpc) is 3.12. The third-order valence-corrected chi connectivity index (χ3v) is 9.29. The number of nitrogens with zero attached hydrogens (tertiary/aromatic N) is 1. The zero-order valence-electron chi connectivity index (χ0n) is 33.9. The minimum Gasteiger partial charge on any atom is -0.462 e. The monoisotopic (exact) mass is 766 g/mol. The molecule has 306 valence electrons. The number of esters is 2.